The van der Waals surface area contributed by atoms with Crippen LogP contribution in [0.15, 0.2) is 42.5 Å². The maximum atomic E-state index is 13.8. The highest BCUT2D eigenvalue weighted by atomic mass is 19.4. The zero-order valence-electron chi connectivity index (χ0n) is 25.5. The lowest BCUT2D eigenvalue weighted by molar-refractivity contribution is -0.143. The molecule has 0 amide bonds. The molecule has 1 unspecified atom stereocenters. The summed E-state index contributed by atoms with van der Waals surface area (Å²) in [7, 11) is 0. The Bertz CT molecular complexity index is 1650. The van der Waals surface area contributed by atoms with E-state index in [1.54, 1.807) is 4.90 Å². The molecule has 46 heavy (non-hydrogen) atoms. The number of pyridine rings is 1. The van der Waals surface area contributed by atoms with Gasteiger partial charge in [-0.05, 0) is 97.2 Å². The highest BCUT2D eigenvalue weighted by Gasteiger charge is 2.37. The smallest absolute Gasteiger partial charge is 0.391 e. The maximum Gasteiger partial charge on any atom is 0.416 e. The molecule has 0 aliphatic heterocycles. The summed E-state index contributed by atoms with van der Waals surface area (Å²) < 4.78 is 84.0. The van der Waals surface area contributed by atoms with Crippen molar-refractivity contribution in [1.82, 2.24) is 25.2 Å². The Morgan fingerprint density at radius 1 is 0.891 bits per heavy atom. The number of hydrogen-bond donors (Lipinski definition) is 1. The van der Waals surface area contributed by atoms with Crippen molar-refractivity contribution in [2.24, 2.45) is 11.8 Å². The molecule has 0 radical (unpaired) electrons. The number of nitrogens with zero attached hydrogens (tertiary/aromatic N) is 7. The number of benzene rings is 2. The predicted octanol–water partition coefficient (Wildman–Crippen LogP) is 6.78. The normalized spacial score (nSPS) is 16.2. The Morgan fingerprint density at radius 2 is 1.52 bits per heavy atom. The summed E-state index contributed by atoms with van der Waals surface area (Å²) >= 11 is 0. The molecule has 6 rings (SSSR count). The predicted molar refractivity (Wildman–Crippen MR) is 160 cm³/mol. The first-order valence-corrected chi connectivity index (χ1v) is 15.4. The summed E-state index contributed by atoms with van der Waals surface area (Å²) in [6, 6.07) is 9.37. The number of halogens is 6. The molecule has 1 atom stereocenters. The molecular formula is C32H35F6N7O. The van der Waals surface area contributed by atoms with Crippen LogP contribution >= 0.6 is 0 Å². The Morgan fingerprint density at radius 3 is 2.09 bits per heavy atom. The van der Waals surface area contributed by atoms with Gasteiger partial charge in [-0.3, -0.25) is 0 Å². The zero-order valence-corrected chi connectivity index (χ0v) is 25.5. The number of tetrazole rings is 1. The van der Waals surface area contributed by atoms with Gasteiger partial charge in [-0.1, -0.05) is 23.3 Å². The Balaban J connectivity index is 1.47. The molecule has 2 heterocycles. The average molecular weight is 648 g/mol. The first-order valence-electron chi connectivity index (χ1n) is 15.4. The van der Waals surface area contributed by atoms with E-state index in [4.69, 9.17) is 4.98 Å². The van der Waals surface area contributed by atoms with Crippen molar-refractivity contribution in [3.63, 3.8) is 0 Å². The van der Waals surface area contributed by atoms with E-state index in [2.05, 4.69) is 20.4 Å². The Hall–Kier alpha value is -3.94. The molecule has 2 aromatic carbocycles. The van der Waals surface area contributed by atoms with Gasteiger partial charge >= 0.3 is 12.4 Å². The van der Waals surface area contributed by atoms with Crippen molar-refractivity contribution < 1.29 is 31.4 Å². The highest BCUT2D eigenvalue weighted by Crippen LogP contribution is 2.39. The minimum absolute atomic E-state index is 0.0350. The Kier molecular flexibility index (Phi) is 8.59. The van der Waals surface area contributed by atoms with Gasteiger partial charge in [0.1, 0.15) is 5.82 Å². The molecule has 2 aromatic heterocycles. The summed E-state index contributed by atoms with van der Waals surface area (Å²) in [6.45, 7) is 4.77. The topological polar surface area (TPSA) is 83.2 Å². The molecule has 0 saturated heterocycles. The van der Waals surface area contributed by atoms with Crippen molar-refractivity contribution >= 4 is 22.7 Å². The number of fused-ring (bicyclic) bond motifs is 1. The molecular weight excluding hydrogens is 612 g/mol. The summed E-state index contributed by atoms with van der Waals surface area (Å²) in [5, 5.41) is 22.8. The van der Waals surface area contributed by atoms with Crippen LogP contribution in [0, 0.1) is 18.8 Å². The second-order valence-electron chi connectivity index (χ2n) is 12.7. The summed E-state index contributed by atoms with van der Waals surface area (Å²) in [6.07, 6.45) is -6.35. The zero-order chi connectivity index (χ0) is 32.8. The number of rotatable bonds is 12. The van der Waals surface area contributed by atoms with Crippen LogP contribution in [0.3, 0.4) is 0 Å². The van der Waals surface area contributed by atoms with Crippen LogP contribution in [-0.4, -0.2) is 49.5 Å². The van der Waals surface area contributed by atoms with E-state index in [1.165, 1.54) is 11.6 Å². The minimum atomic E-state index is -4.99. The van der Waals surface area contributed by atoms with Gasteiger partial charge in [-0.15, -0.1) is 0 Å². The van der Waals surface area contributed by atoms with Gasteiger partial charge in [0.15, 0.2) is 0 Å². The second-order valence-corrected chi connectivity index (χ2v) is 12.7. The number of aliphatic hydroxyl groups is 1. The van der Waals surface area contributed by atoms with Crippen LogP contribution in [0.5, 0.6) is 0 Å². The van der Waals surface area contributed by atoms with Gasteiger partial charge in [0.25, 0.3) is 0 Å². The summed E-state index contributed by atoms with van der Waals surface area (Å²) in [5.74, 6) is 1.92. The molecule has 14 heteroatoms. The van der Waals surface area contributed by atoms with Crippen molar-refractivity contribution in [2.45, 2.75) is 77.6 Å². The maximum absolute atomic E-state index is 13.8. The third-order valence-electron chi connectivity index (χ3n) is 8.37. The van der Waals surface area contributed by atoms with E-state index in [0.717, 1.165) is 78.8 Å². The largest absolute Gasteiger partial charge is 0.416 e. The first kappa shape index (κ1) is 32.0. The molecule has 4 aromatic rings. The lowest BCUT2D eigenvalue weighted by Gasteiger charge is -2.30. The number of aryl methyl sites for hydroxylation is 1. The van der Waals surface area contributed by atoms with Crippen molar-refractivity contribution in [1.29, 1.82) is 0 Å². The fourth-order valence-electron chi connectivity index (χ4n) is 5.77. The van der Waals surface area contributed by atoms with E-state index in [-0.39, 0.29) is 37.2 Å². The second kappa shape index (κ2) is 12.3. The molecule has 8 nitrogen and oxygen atoms in total. The van der Waals surface area contributed by atoms with E-state index in [1.807, 2.05) is 31.2 Å². The SMILES string of the molecule is Cc1cccc2cc(CN(Cc3cc(C(F)(F)F)cc(C(F)(F)F)c3)c3nnnn3CC(C)O)c(N(CC3CC3)CC3CC3)nc12. The van der Waals surface area contributed by atoms with Crippen LogP contribution in [0.4, 0.5) is 38.1 Å². The van der Waals surface area contributed by atoms with E-state index in [0.29, 0.717) is 11.8 Å². The Labute approximate surface area is 262 Å². The van der Waals surface area contributed by atoms with Crippen molar-refractivity contribution in [3.05, 3.63) is 70.3 Å². The van der Waals surface area contributed by atoms with Gasteiger partial charge in [0, 0.05) is 37.1 Å². The molecule has 0 spiro atoms. The van der Waals surface area contributed by atoms with Crippen LogP contribution in [0.1, 0.15) is 60.4 Å². The van der Waals surface area contributed by atoms with Gasteiger partial charge in [0.05, 0.1) is 29.3 Å². The molecule has 0 bridgehead atoms. The molecule has 2 fully saturated rings. The average Bonchev–Trinajstić information content (AvgIpc) is 3.91. The fourth-order valence-corrected chi connectivity index (χ4v) is 5.77. The lowest BCUT2D eigenvalue weighted by Crippen LogP contribution is -2.32. The van der Waals surface area contributed by atoms with Gasteiger partial charge in [0.2, 0.25) is 5.95 Å². The molecule has 2 aliphatic carbocycles. The standard InChI is InChI=1S/C32H35F6N7O/c1-19-4-3-5-24-12-25(29(39-28(19)24)43(15-21-6-7-21)16-22-8-9-22)18-44(30-40-41-42-45(30)14-20(2)46)17-23-10-26(31(33,34)35)13-27(11-23)32(36,37)38/h3-5,10-13,20-22,46H,6-9,14-18H2,1-2H3. The first-order chi connectivity index (χ1) is 21.7. The number of aliphatic hydroxyl groups excluding tert-OH is 1. The van der Waals surface area contributed by atoms with Crippen molar-refractivity contribution in [2.75, 3.05) is 22.9 Å². The molecule has 246 valence electrons. The third-order valence-corrected chi connectivity index (χ3v) is 8.37. The van der Waals surface area contributed by atoms with E-state index < -0.39 is 29.6 Å². The molecule has 2 aliphatic rings. The third kappa shape index (κ3) is 7.54. The van der Waals surface area contributed by atoms with E-state index in [9.17, 15) is 31.4 Å². The monoisotopic (exact) mass is 647 g/mol. The number of para-hydroxylation sites is 1. The van der Waals surface area contributed by atoms with Crippen LogP contribution in [0.25, 0.3) is 10.9 Å². The fraction of sp³-hybridized carbons (Fsp3) is 0.500. The minimum Gasteiger partial charge on any atom is -0.391 e. The van der Waals surface area contributed by atoms with Crippen molar-refractivity contribution in [3.8, 4) is 0 Å². The van der Waals surface area contributed by atoms with Crippen LogP contribution in [-0.2, 0) is 32.0 Å². The number of hydrogen-bond acceptors (Lipinski definition) is 7. The van der Waals surface area contributed by atoms with Crippen LogP contribution in [0.2, 0.25) is 0 Å². The van der Waals surface area contributed by atoms with Gasteiger partial charge in [-0.25, -0.2) is 9.67 Å². The highest BCUT2D eigenvalue weighted by molar-refractivity contribution is 5.84. The lowest BCUT2D eigenvalue weighted by atomic mass is 10.0. The number of aromatic nitrogens is 5. The quantitative estimate of drug-likeness (QED) is 0.170. The summed E-state index contributed by atoms with van der Waals surface area (Å²) in [5.41, 5.74) is -0.448. The number of alkyl halides is 6. The number of anilines is 2. The molecule has 2 saturated carbocycles. The van der Waals surface area contributed by atoms with Crippen LogP contribution < -0.4 is 9.80 Å². The van der Waals surface area contributed by atoms with Gasteiger partial charge in [-0.2, -0.15) is 26.3 Å². The van der Waals surface area contributed by atoms with E-state index >= 15 is 0 Å². The van der Waals surface area contributed by atoms with Gasteiger partial charge < -0.3 is 14.9 Å². The summed E-state index contributed by atoms with van der Waals surface area (Å²) in [4.78, 5) is 8.98. The molecule has 1 N–H and O–H groups in total.